The minimum atomic E-state index is -0.319. The van der Waals surface area contributed by atoms with Gasteiger partial charge in [-0.05, 0) is 61.7 Å². The van der Waals surface area contributed by atoms with E-state index in [-0.39, 0.29) is 53.2 Å². The third-order valence-electron chi connectivity index (χ3n) is 9.49. The summed E-state index contributed by atoms with van der Waals surface area (Å²) in [7, 11) is 0. The largest absolute Gasteiger partial charge is 0.458 e. The van der Waals surface area contributed by atoms with Gasteiger partial charge in [0.2, 0.25) is 0 Å². The quantitative estimate of drug-likeness (QED) is 0.359. The van der Waals surface area contributed by atoms with Crippen LogP contribution in [0.4, 0.5) is 0 Å². The molecule has 2 saturated heterocycles. The van der Waals surface area contributed by atoms with Crippen LogP contribution >= 0.6 is 11.8 Å². The third-order valence-corrected chi connectivity index (χ3v) is 10.5. The molecule has 0 bridgehead atoms. The number of hydrogen-bond acceptors (Lipinski definition) is 6. The summed E-state index contributed by atoms with van der Waals surface area (Å²) in [6.07, 6.45) is 7.41. The molecule has 2 spiro atoms. The van der Waals surface area contributed by atoms with Gasteiger partial charge < -0.3 is 24.4 Å². The highest BCUT2D eigenvalue weighted by Gasteiger charge is 2.93. The smallest absolute Gasteiger partial charge is 0.334 e. The van der Waals surface area contributed by atoms with Gasteiger partial charge in [-0.1, -0.05) is 27.7 Å². The van der Waals surface area contributed by atoms with E-state index in [1.807, 2.05) is 0 Å². The lowest BCUT2D eigenvalue weighted by Crippen LogP contribution is -2.67. The van der Waals surface area contributed by atoms with Crippen LogP contribution in [0.2, 0.25) is 0 Å². The van der Waals surface area contributed by atoms with E-state index in [2.05, 4.69) is 34.0 Å². The molecule has 0 aromatic heterocycles. The number of ether oxygens (including phenoxy) is 4. The van der Waals surface area contributed by atoms with Crippen LogP contribution in [0.3, 0.4) is 0 Å². The van der Waals surface area contributed by atoms with Gasteiger partial charge >= 0.3 is 5.97 Å². The first kappa shape index (κ1) is 22.2. The van der Waals surface area contributed by atoms with Crippen molar-refractivity contribution in [2.75, 3.05) is 12.9 Å². The van der Waals surface area contributed by atoms with E-state index in [1.165, 1.54) is 5.57 Å². The molecule has 3 aliphatic heterocycles. The second kappa shape index (κ2) is 6.95. The Kier molecular flexibility index (Phi) is 4.98. The first-order chi connectivity index (χ1) is 14.3. The van der Waals surface area contributed by atoms with Gasteiger partial charge in [0.15, 0.2) is 5.60 Å². The van der Waals surface area contributed by atoms with Crippen LogP contribution in [0, 0.1) is 23.2 Å². The van der Waals surface area contributed by atoms with Crippen molar-refractivity contribution in [3.8, 4) is 0 Å². The van der Waals surface area contributed by atoms with Crippen molar-refractivity contribution in [3.05, 3.63) is 11.1 Å². The number of thioether (sulfide) groups is 1. The van der Waals surface area contributed by atoms with Crippen molar-refractivity contribution in [1.29, 1.82) is 0 Å². The molecule has 3 aliphatic carbocycles. The molecular formula is C24H38O6S. The predicted octanol–water partition coefficient (Wildman–Crippen LogP) is 3.52. The molecule has 31 heavy (non-hydrogen) atoms. The topological polar surface area (TPSA) is 92.1 Å². The summed E-state index contributed by atoms with van der Waals surface area (Å²) in [5.74, 6) is 1.20. The Morgan fingerprint density at radius 1 is 1.26 bits per heavy atom. The van der Waals surface area contributed by atoms with E-state index in [1.54, 1.807) is 11.8 Å². The number of epoxide rings is 2. The van der Waals surface area contributed by atoms with Crippen molar-refractivity contribution in [3.63, 3.8) is 0 Å². The molecule has 6 rings (SSSR count). The van der Waals surface area contributed by atoms with Gasteiger partial charge in [0, 0.05) is 12.4 Å². The molecular weight excluding hydrogens is 416 g/mol. The molecule has 6 nitrogen and oxygen atoms in total. The lowest BCUT2D eigenvalue weighted by molar-refractivity contribution is -0.136. The maximum Gasteiger partial charge on any atom is 0.334 e. The van der Waals surface area contributed by atoms with Gasteiger partial charge in [-0.2, -0.15) is 0 Å². The molecule has 4 fully saturated rings. The minimum absolute atomic E-state index is 0. The van der Waals surface area contributed by atoms with E-state index in [9.17, 15) is 4.79 Å². The monoisotopic (exact) mass is 454 g/mol. The molecule has 2 saturated carbocycles. The number of carbonyl (C=O) groups excluding carboxylic acids is 1. The first-order valence-corrected chi connectivity index (χ1v) is 13.1. The van der Waals surface area contributed by atoms with Crippen molar-refractivity contribution >= 4 is 17.7 Å². The number of esters is 1. The van der Waals surface area contributed by atoms with E-state index >= 15 is 0 Å². The zero-order valence-electron chi connectivity index (χ0n) is 19.2. The number of carbonyl (C=O) groups is 1. The van der Waals surface area contributed by atoms with E-state index < -0.39 is 0 Å². The maximum atomic E-state index is 12.2. The van der Waals surface area contributed by atoms with Crippen molar-refractivity contribution in [2.45, 2.75) is 94.7 Å². The summed E-state index contributed by atoms with van der Waals surface area (Å²) in [5, 5.41) is 0. The Balaban J connectivity index is 0.00000122. The highest BCUT2D eigenvalue weighted by atomic mass is 32.2. The number of fused-ring (bicyclic) bond motifs is 2. The minimum Gasteiger partial charge on any atom is -0.458 e. The first-order valence-electron chi connectivity index (χ1n) is 11.8. The molecule has 0 aromatic rings. The summed E-state index contributed by atoms with van der Waals surface area (Å²) in [6, 6.07) is 0. The van der Waals surface area contributed by atoms with E-state index in [4.69, 9.17) is 18.9 Å². The fourth-order valence-electron chi connectivity index (χ4n) is 7.93. The molecule has 0 radical (unpaired) electrons. The van der Waals surface area contributed by atoms with Gasteiger partial charge in [-0.3, -0.25) is 0 Å². The number of hydrogen-bond donors (Lipinski definition) is 0. The van der Waals surface area contributed by atoms with Crippen LogP contribution < -0.4 is 0 Å². The molecule has 7 heteroatoms. The Bertz CT molecular complexity index is 829. The third kappa shape index (κ3) is 2.48. The van der Waals surface area contributed by atoms with E-state index in [0.29, 0.717) is 24.4 Å². The molecule has 4 unspecified atom stereocenters. The van der Waals surface area contributed by atoms with Crippen molar-refractivity contribution < 1.29 is 30.6 Å². The summed E-state index contributed by atoms with van der Waals surface area (Å²) >= 11 is 1.80. The SMILES string of the molecule is CCC(O[C@@H]1C(C(C)C)C[C@@H]2O[C@@]23[C@@]2(C)CCC4=C(COC4=O)C2CC2O[C@]213)SC.O.[HH]. The van der Waals surface area contributed by atoms with Crippen LogP contribution in [-0.2, 0) is 23.7 Å². The van der Waals surface area contributed by atoms with Crippen molar-refractivity contribution in [1.82, 2.24) is 0 Å². The Hall–Kier alpha value is -0.600. The lowest BCUT2D eigenvalue weighted by atomic mass is 9.46. The Morgan fingerprint density at radius 2 is 2.03 bits per heavy atom. The second-order valence-corrected chi connectivity index (χ2v) is 11.8. The van der Waals surface area contributed by atoms with Gasteiger partial charge in [0.05, 0.1) is 18.3 Å². The second-order valence-electron chi connectivity index (χ2n) is 10.8. The fraction of sp³-hybridized carbons (Fsp3) is 0.875. The summed E-state index contributed by atoms with van der Waals surface area (Å²) in [6.45, 7) is 9.71. The predicted molar refractivity (Wildman–Crippen MR) is 120 cm³/mol. The van der Waals surface area contributed by atoms with Gasteiger partial charge in [-0.25, -0.2) is 4.79 Å². The highest BCUT2D eigenvalue weighted by molar-refractivity contribution is 7.99. The molecule has 0 aromatic carbocycles. The van der Waals surface area contributed by atoms with Crippen LogP contribution in [0.5, 0.6) is 0 Å². The van der Waals surface area contributed by atoms with Crippen LogP contribution in [0.1, 0.15) is 61.2 Å². The lowest BCUT2D eigenvalue weighted by Gasteiger charge is -2.55. The van der Waals surface area contributed by atoms with Crippen LogP contribution in [-0.4, -0.2) is 59.3 Å². The molecule has 176 valence electrons. The van der Waals surface area contributed by atoms with Crippen LogP contribution in [0.25, 0.3) is 0 Å². The molecule has 2 N–H and O–H groups in total. The zero-order chi connectivity index (χ0) is 21.1. The van der Waals surface area contributed by atoms with Gasteiger partial charge in [-0.15, -0.1) is 11.8 Å². The molecule has 9 atom stereocenters. The molecule has 6 aliphatic rings. The standard InChI is InChI=1S/C24H34O5S.H2O.H2/c1-6-19(30-5)27-20-14(12(2)3)9-18-24(29-18)22(4)8-7-13-15(11-26-21(13)25)16(22)10-17-23(20,24)28-17;;/h12,14,16-20H,6-11H2,1-5H3;1H2;1H/t14?,16?,17?,18-,19?,20+,22-,23+,24+;;/m0../s1. The average molecular weight is 455 g/mol. The van der Waals surface area contributed by atoms with Crippen molar-refractivity contribution in [2.24, 2.45) is 23.2 Å². The average Bonchev–Trinajstić information content (AvgIpc) is 3.60. The fourth-order valence-corrected chi connectivity index (χ4v) is 8.50. The van der Waals surface area contributed by atoms with Gasteiger partial charge in [0.25, 0.3) is 0 Å². The highest BCUT2D eigenvalue weighted by Crippen LogP contribution is 2.79. The maximum absolute atomic E-state index is 12.2. The summed E-state index contributed by atoms with van der Waals surface area (Å²) in [4.78, 5) is 12.2. The summed E-state index contributed by atoms with van der Waals surface area (Å²) in [5.41, 5.74) is 1.75. The zero-order valence-corrected chi connectivity index (χ0v) is 20.1. The normalized spacial score (nSPS) is 49.7. The molecule has 3 heterocycles. The summed E-state index contributed by atoms with van der Waals surface area (Å²) < 4.78 is 25.8. The van der Waals surface area contributed by atoms with Crippen LogP contribution in [0.15, 0.2) is 11.1 Å². The number of cyclic esters (lactones) is 1. The number of rotatable bonds is 5. The Morgan fingerprint density at radius 3 is 2.71 bits per heavy atom. The van der Waals surface area contributed by atoms with E-state index in [0.717, 1.165) is 37.7 Å². The molecule has 0 amide bonds. The Labute approximate surface area is 190 Å². The van der Waals surface area contributed by atoms with Gasteiger partial charge in [0.1, 0.15) is 17.6 Å².